The minimum Gasteiger partial charge on any atom is -0.412 e. The molecule has 1 N–H and O–H groups in total. The quantitative estimate of drug-likeness (QED) is 0.432. The molecule has 0 saturated carbocycles. The Hall–Kier alpha value is -2.57. The minimum atomic E-state index is -4.57. The van der Waals surface area contributed by atoms with Gasteiger partial charge in [0.1, 0.15) is 0 Å². The zero-order valence-electron chi connectivity index (χ0n) is 20.6. The van der Waals surface area contributed by atoms with Gasteiger partial charge in [-0.25, -0.2) is 4.98 Å². The first-order valence-corrected chi connectivity index (χ1v) is 14.4. The average molecular weight is 491 g/mol. The maximum atomic E-state index is 13.3. The van der Waals surface area contributed by atoms with E-state index in [4.69, 9.17) is 9.69 Å². The predicted octanol–water partition coefficient (Wildman–Crippen LogP) is 6.84. The van der Waals surface area contributed by atoms with Crippen molar-refractivity contribution in [2.45, 2.75) is 83.5 Å². The number of anilines is 1. The Bertz CT molecular complexity index is 1090. The lowest BCUT2D eigenvalue weighted by Gasteiger charge is -2.38. The lowest BCUT2D eigenvalue weighted by molar-refractivity contribution is -0.137. The van der Waals surface area contributed by atoms with E-state index < -0.39 is 20.1 Å². The molecule has 34 heavy (non-hydrogen) atoms. The Morgan fingerprint density at radius 2 is 2.00 bits per heavy atom. The maximum Gasteiger partial charge on any atom is 0.417 e. The zero-order valence-corrected chi connectivity index (χ0v) is 21.6. The van der Waals surface area contributed by atoms with Crippen LogP contribution >= 0.6 is 0 Å². The van der Waals surface area contributed by atoms with Crippen molar-refractivity contribution in [2.24, 2.45) is 0 Å². The number of imidazole rings is 1. The van der Waals surface area contributed by atoms with Gasteiger partial charge < -0.3 is 14.3 Å². The second kappa shape index (κ2) is 9.59. The lowest BCUT2D eigenvalue weighted by atomic mass is 10.1. The molecule has 0 saturated heterocycles. The molecular weight excluding hydrogens is 457 g/mol. The fourth-order valence-corrected chi connectivity index (χ4v) is 5.40. The second-order valence-electron chi connectivity index (χ2n) is 10.5. The van der Waals surface area contributed by atoms with Gasteiger partial charge in [0.25, 0.3) is 0 Å². The number of nitrogens with one attached hydrogen (secondary N) is 1. The number of halogens is 3. The second-order valence-corrected chi connectivity index (χ2v) is 15.3. The number of aromatic nitrogens is 2. The van der Waals surface area contributed by atoms with Gasteiger partial charge in [0.05, 0.1) is 41.5 Å². The summed E-state index contributed by atoms with van der Waals surface area (Å²) in [5.41, 5.74) is 1.18. The molecular formula is C25H33F3N4OSi. The highest BCUT2D eigenvalue weighted by Gasteiger charge is 2.38. The Balaban J connectivity index is 1.66. The van der Waals surface area contributed by atoms with Crippen molar-refractivity contribution in [3.8, 4) is 6.07 Å². The molecule has 2 unspecified atom stereocenters. The van der Waals surface area contributed by atoms with Gasteiger partial charge >= 0.3 is 6.18 Å². The van der Waals surface area contributed by atoms with E-state index in [1.165, 1.54) is 12.1 Å². The van der Waals surface area contributed by atoms with Crippen molar-refractivity contribution in [2.75, 3.05) is 5.32 Å². The molecule has 0 radical (unpaired) electrons. The van der Waals surface area contributed by atoms with Crippen LogP contribution in [0.4, 0.5) is 18.9 Å². The summed E-state index contributed by atoms with van der Waals surface area (Å²) in [6, 6.07) is 5.34. The largest absolute Gasteiger partial charge is 0.417 e. The molecule has 0 fully saturated rings. The van der Waals surface area contributed by atoms with Crippen LogP contribution in [0.3, 0.4) is 0 Å². The number of hydrogen-bond donors (Lipinski definition) is 1. The molecule has 1 heterocycles. The SMILES string of the molecule is CC(Cn1cncc1C1=CCC(Nc2ccc(C#N)c(C(F)(F)F)c2)C1)O[Si](C)(C)C(C)(C)C. The number of rotatable bonds is 7. The topological polar surface area (TPSA) is 62.9 Å². The van der Waals surface area contributed by atoms with Gasteiger partial charge in [-0.2, -0.15) is 18.4 Å². The standard InChI is InChI=1S/C25H33F3N4OSi/c1-17(33-34(5,6)24(2,3)4)15-32-16-30-14-23(32)18-7-9-20(11-18)31-21-10-8-19(13-29)22(12-21)25(26,27)28/h7-8,10,12,14,16-17,20,31H,9,11,15H2,1-6H3. The fourth-order valence-electron chi connectivity index (χ4n) is 3.97. The summed E-state index contributed by atoms with van der Waals surface area (Å²) in [6.45, 7) is 13.9. The van der Waals surface area contributed by atoms with E-state index in [1.807, 2.05) is 6.20 Å². The van der Waals surface area contributed by atoms with Crippen LogP contribution in [0.2, 0.25) is 18.1 Å². The van der Waals surface area contributed by atoms with Crippen molar-refractivity contribution in [1.29, 1.82) is 5.26 Å². The number of hydrogen-bond acceptors (Lipinski definition) is 4. The van der Waals surface area contributed by atoms with Crippen LogP contribution in [0, 0.1) is 11.3 Å². The Morgan fingerprint density at radius 1 is 1.29 bits per heavy atom. The van der Waals surface area contributed by atoms with Gasteiger partial charge in [-0.1, -0.05) is 26.8 Å². The minimum absolute atomic E-state index is 0.0317. The first-order chi connectivity index (χ1) is 15.7. The summed E-state index contributed by atoms with van der Waals surface area (Å²) in [6.07, 6.45) is 2.57. The first-order valence-electron chi connectivity index (χ1n) is 11.5. The number of alkyl halides is 3. The molecule has 184 valence electrons. The Kier molecular flexibility index (Phi) is 7.34. The van der Waals surface area contributed by atoms with E-state index >= 15 is 0 Å². The number of benzene rings is 1. The Labute approximate surface area is 200 Å². The number of nitriles is 1. The van der Waals surface area contributed by atoms with Crippen LogP contribution in [-0.2, 0) is 17.1 Å². The van der Waals surface area contributed by atoms with Gasteiger partial charge in [-0.15, -0.1) is 0 Å². The van der Waals surface area contributed by atoms with Crippen molar-refractivity contribution >= 4 is 19.6 Å². The predicted molar refractivity (Wildman–Crippen MR) is 131 cm³/mol. The molecule has 9 heteroatoms. The fraction of sp³-hybridized carbons (Fsp3) is 0.520. The Morgan fingerprint density at radius 3 is 2.62 bits per heavy atom. The molecule has 1 aromatic heterocycles. The van der Waals surface area contributed by atoms with Crippen LogP contribution in [0.15, 0.2) is 36.8 Å². The van der Waals surface area contributed by atoms with E-state index in [2.05, 4.69) is 61.7 Å². The van der Waals surface area contributed by atoms with Crippen molar-refractivity contribution in [1.82, 2.24) is 9.55 Å². The summed E-state index contributed by atoms with van der Waals surface area (Å²) >= 11 is 0. The molecule has 1 aliphatic rings. The summed E-state index contributed by atoms with van der Waals surface area (Å²) in [7, 11) is -1.89. The van der Waals surface area contributed by atoms with Gasteiger partial charge in [0.15, 0.2) is 8.32 Å². The lowest BCUT2D eigenvalue weighted by Crippen LogP contribution is -2.44. The van der Waals surface area contributed by atoms with Crippen LogP contribution in [-0.4, -0.2) is 30.0 Å². The molecule has 0 aliphatic heterocycles. The average Bonchev–Trinajstić information content (AvgIpc) is 3.35. The third-order valence-electron chi connectivity index (χ3n) is 6.73. The monoisotopic (exact) mass is 490 g/mol. The highest BCUT2D eigenvalue weighted by molar-refractivity contribution is 6.74. The van der Waals surface area contributed by atoms with E-state index in [1.54, 1.807) is 12.4 Å². The van der Waals surface area contributed by atoms with Crippen molar-refractivity contribution < 1.29 is 17.6 Å². The third kappa shape index (κ3) is 5.91. The third-order valence-corrected chi connectivity index (χ3v) is 11.3. The van der Waals surface area contributed by atoms with Crippen LogP contribution < -0.4 is 5.32 Å². The zero-order chi connectivity index (χ0) is 25.3. The smallest absolute Gasteiger partial charge is 0.412 e. The van der Waals surface area contributed by atoms with Gasteiger partial charge in [0.2, 0.25) is 0 Å². The molecule has 2 aromatic rings. The molecule has 2 atom stereocenters. The van der Waals surface area contributed by atoms with Crippen LogP contribution in [0.1, 0.15) is 57.4 Å². The van der Waals surface area contributed by atoms with Crippen molar-refractivity contribution in [3.05, 3.63) is 53.6 Å². The number of nitrogens with zero attached hydrogens (tertiary/aromatic N) is 3. The normalized spacial score (nSPS) is 17.9. The van der Waals surface area contributed by atoms with Gasteiger partial charge in [-0.3, -0.25) is 0 Å². The molecule has 0 amide bonds. The molecule has 0 spiro atoms. The maximum absolute atomic E-state index is 13.3. The first kappa shape index (κ1) is 26.0. The molecule has 5 nitrogen and oxygen atoms in total. The summed E-state index contributed by atoms with van der Waals surface area (Å²) in [5.74, 6) is 0. The summed E-state index contributed by atoms with van der Waals surface area (Å²) < 4.78 is 48.4. The van der Waals surface area contributed by atoms with Crippen LogP contribution in [0.5, 0.6) is 0 Å². The van der Waals surface area contributed by atoms with Gasteiger partial charge in [-0.05, 0) is 61.7 Å². The molecule has 1 aromatic carbocycles. The van der Waals surface area contributed by atoms with E-state index in [0.717, 1.165) is 17.3 Å². The van der Waals surface area contributed by atoms with Crippen molar-refractivity contribution in [3.63, 3.8) is 0 Å². The van der Waals surface area contributed by atoms with E-state index in [-0.39, 0.29) is 22.7 Å². The highest BCUT2D eigenvalue weighted by atomic mass is 28.4. The molecule has 1 aliphatic carbocycles. The molecule has 3 rings (SSSR count). The van der Waals surface area contributed by atoms with Crippen LogP contribution in [0.25, 0.3) is 5.57 Å². The van der Waals surface area contributed by atoms with Gasteiger partial charge in [0, 0.05) is 18.3 Å². The summed E-state index contributed by atoms with van der Waals surface area (Å²) in [4.78, 5) is 4.33. The van der Waals surface area contributed by atoms with E-state index in [9.17, 15) is 13.2 Å². The molecule has 0 bridgehead atoms. The summed E-state index contributed by atoms with van der Waals surface area (Å²) in [5, 5.41) is 12.3. The van der Waals surface area contributed by atoms with E-state index in [0.29, 0.717) is 25.1 Å². The highest BCUT2D eigenvalue weighted by Crippen LogP contribution is 2.38.